The van der Waals surface area contributed by atoms with E-state index >= 15 is 0 Å². The number of unbranched alkanes of at least 4 members (excludes halogenated alkanes) is 7. The predicted octanol–water partition coefficient (Wildman–Crippen LogP) is 4.91. The molecule has 1 atom stereocenters. The van der Waals surface area contributed by atoms with Gasteiger partial charge in [-0.15, -0.1) is 0 Å². The predicted molar refractivity (Wildman–Crippen MR) is 95.7 cm³/mol. The minimum Gasteiger partial charge on any atom is -0.353 e. The monoisotopic (exact) mass is 315 g/mol. The maximum absolute atomic E-state index is 9.65. The van der Waals surface area contributed by atoms with E-state index in [0.717, 1.165) is 18.8 Å². The maximum atomic E-state index is 9.65. The van der Waals surface area contributed by atoms with Crippen molar-refractivity contribution in [3.8, 4) is 0 Å². The van der Waals surface area contributed by atoms with Crippen molar-refractivity contribution < 1.29 is 10.2 Å². The van der Waals surface area contributed by atoms with E-state index in [4.69, 9.17) is 0 Å². The van der Waals surface area contributed by atoms with Crippen molar-refractivity contribution in [3.05, 3.63) is 0 Å². The summed E-state index contributed by atoms with van der Waals surface area (Å²) in [7, 11) is 1.80. The standard InChI is InChI=1S/C19H41NO2/c1-6-18(20(5)19(4,21)22)16-14-12-10-8-7-9-11-13-15-17(2)3/h17-18,21-22H,6-16H2,1-5H3. The molecule has 0 fully saturated rings. The number of nitrogens with zero attached hydrogens (tertiary/aromatic N) is 1. The fourth-order valence-corrected chi connectivity index (χ4v) is 3.01. The van der Waals surface area contributed by atoms with E-state index in [2.05, 4.69) is 20.8 Å². The second-order valence-corrected chi connectivity index (χ2v) is 7.44. The highest BCUT2D eigenvalue weighted by Gasteiger charge is 2.27. The van der Waals surface area contributed by atoms with Crippen LogP contribution >= 0.6 is 0 Å². The lowest BCUT2D eigenvalue weighted by Crippen LogP contribution is -2.49. The molecular weight excluding hydrogens is 274 g/mol. The van der Waals surface area contributed by atoms with Gasteiger partial charge in [-0.3, -0.25) is 4.90 Å². The van der Waals surface area contributed by atoms with Crippen molar-refractivity contribution >= 4 is 0 Å². The zero-order valence-electron chi connectivity index (χ0n) is 15.8. The van der Waals surface area contributed by atoms with Crippen LogP contribution in [0.5, 0.6) is 0 Å². The molecule has 134 valence electrons. The summed E-state index contributed by atoms with van der Waals surface area (Å²) in [5.74, 6) is -0.847. The van der Waals surface area contributed by atoms with Crippen LogP contribution in [0.25, 0.3) is 0 Å². The highest BCUT2D eigenvalue weighted by atomic mass is 16.5. The Balaban J connectivity index is 3.52. The molecule has 0 rings (SSSR count). The van der Waals surface area contributed by atoms with Gasteiger partial charge in [0.2, 0.25) is 5.91 Å². The first-order valence-electron chi connectivity index (χ1n) is 9.46. The summed E-state index contributed by atoms with van der Waals surface area (Å²) in [6, 6.07) is 0.260. The average Bonchev–Trinajstić information content (AvgIpc) is 2.43. The Morgan fingerprint density at radius 2 is 1.23 bits per heavy atom. The van der Waals surface area contributed by atoms with Gasteiger partial charge >= 0.3 is 0 Å². The van der Waals surface area contributed by atoms with Crippen LogP contribution in [-0.4, -0.2) is 34.1 Å². The third-order valence-corrected chi connectivity index (χ3v) is 4.76. The lowest BCUT2D eigenvalue weighted by Gasteiger charge is -2.35. The molecular formula is C19H41NO2. The summed E-state index contributed by atoms with van der Waals surface area (Å²) >= 11 is 0. The molecule has 1 unspecified atom stereocenters. The summed E-state index contributed by atoms with van der Waals surface area (Å²) in [5.41, 5.74) is 0. The van der Waals surface area contributed by atoms with Gasteiger partial charge < -0.3 is 10.2 Å². The van der Waals surface area contributed by atoms with E-state index in [0.29, 0.717) is 0 Å². The van der Waals surface area contributed by atoms with Crippen molar-refractivity contribution in [2.45, 2.75) is 110 Å². The summed E-state index contributed by atoms with van der Waals surface area (Å²) in [5, 5.41) is 19.3. The van der Waals surface area contributed by atoms with Gasteiger partial charge in [-0.05, 0) is 25.8 Å². The van der Waals surface area contributed by atoms with Gasteiger partial charge in [0.05, 0.1) is 0 Å². The summed E-state index contributed by atoms with van der Waals surface area (Å²) in [6.07, 6.45) is 14.1. The number of hydrogen-bond acceptors (Lipinski definition) is 3. The molecule has 3 heteroatoms. The Bertz CT molecular complexity index is 248. The van der Waals surface area contributed by atoms with Gasteiger partial charge in [-0.1, -0.05) is 78.6 Å². The van der Waals surface area contributed by atoms with E-state index in [1.807, 2.05) is 0 Å². The molecule has 0 aliphatic carbocycles. The molecule has 3 nitrogen and oxygen atoms in total. The molecule has 0 saturated carbocycles. The van der Waals surface area contributed by atoms with Crippen molar-refractivity contribution in [2.24, 2.45) is 5.92 Å². The fourth-order valence-electron chi connectivity index (χ4n) is 3.01. The summed E-state index contributed by atoms with van der Waals surface area (Å²) in [6.45, 7) is 8.16. The van der Waals surface area contributed by atoms with Crippen LogP contribution < -0.4 is 0 Å². The molecule has 0 saturated heterocycles. The normalized spacial score (nSPS) is 14.0. The van der Waals surface area contributed by atoms with Gasteiger partial charge in [0.15, 0.2) is 0 Å². The van der Waals surface area contributed by atoms with Gasteiger partial charge in [0.1, 0.15) is 0 Å². The Kier molecular flexibility index (Phi) is 12.3. The first-order valence-corrected chi connectivity index (χ1v) is 9.46. The van der Waals surface area contributed by atoms with E-state index in [1.165, 1.54) is 64.7 Å². The molecule has 0 aliphatic rings. The molecule has 0 aromatic rings. The fraction of sp³-hybridized carbons (Fsp3) is 1.00. The van der Waals surface area contributed by atoms with Gasteiger partial charge in [-0.25, -0.2) is 0 Å². The van der Waals surface area contributed by atoms with Crippen LogP contribution in [0, 0.1) is 5.92 Å². The molecule has 0 radical (unpaired) electrons. The number of aliphatic hydroxyl groups is 2. The zero-order valence-corrected chi connectivity index (χ0v) is 15.8. The van der Waals surface area contributed by atoms with Crippen molar-refractivity contribution in [1.29, 1.82) is 0 Å². The van der Waals surface area contributed by atoms with Crippen LogP contribution in [0.15, 0.2) is 0 Å². The van der Waals surface area contributed by atoms with Crippen molar-refractivity contribution in [2.75, 3.05) is 7.05 Å². The van der Waals surface area contributed by atoms with Gasteiger partial charge in [-0.2, -0.15) is 0 Å². The van der Waals surface area contributed by atoms with E-state index in [9.17, 15) is 10.2 Å². The smallest absolute Gasteiger partial charge is 0.221 e. The van der Waals surface area contributed by atoms with Crippen LogP contribution in [0.3, 0.4) is 0 Å². The average molecular weight is 316 g/mol. The lowest BCUT2D eigenvalue weighted by atomic mass is 10.0. The SMILES string of the molecule is CCC(CCCCCCCCCCC(C)C)N(C)C(C)(O)O. The van der Waals surface area contributed by atoms with E-state index in [-0.39, 0.29) is 6.04 Å². The largest absolute Gasteiger partial charge is 0.353 e. The minimum atomic E-state index is -1.70. The molecule has 0 bridgehead atoms. The van der Waals surface area contributed by atoms with Crippen LogP contribution in [0.4, 0.5) is 0 Å². The van der Waals surface area contributed by atoms with Crippen molar-refractivity contribution in [3.63, 3.8) is 0 Å². The van der Waals surface area contributed by atoms with Gasteiger partial charge in [0.25, 0.3) is 0 Å². The lowest BCUT2D eigenvalue weighted by molar-refractivity contribution is -0.254. The second kappa shape index (κ2) is 12.3. The number of rotatable bonds is 14. The molecule has 0 aromatic heterocycles. The topological polar surface area (TPSA) is 43.7 Å². The van der Waals surface area contributed by atoms with E-state index < -0.39 is 5.91 Å². The Morgan fingerprint density at radius 3 is 1.59 bits per heavy atom. The molecule has 22 heavy (non-hydrogen) atoms. The minimum absolute atomic E-state index is 0.260. The van der Waals surface area contributed by atoms with Crippen LogP contribution in [0.1, 0.15) is 98.3 Å². The maximum Gasteiger partial charge on any atom is 0.221 e. The van der Waals surface area contributed by atoms with Crippen LogP contribution in [0.2, 0.25) is 0 Å². The van der Waals surface area contributed by atoms with Crippen molar-refractivity contribution in [1.82, 2.24) is 4.90 Å². The molecule has 0 aliphatic heterocycles. The summed E-state index contributed by atoms with van der Waals surface area (Å²) < 4.78 is 0. The Morgan fingerprint density at radius 1 is 0.818 bits per heavy atom. The molecule has 2 N–H and O–H groups in total. The third kappa shape index (κ3) is 11.4. The summed E-state index contributed by atoms with van der Waals surface area (Å²) in [4.78, 5) is 1.68. The second-order valence-electron chi connectivity index (χ2n) is 7.44. The van der Waals surface area contributed by atoms with E-state index in [1.54, 1.807) is 11.9 Å². The molecule has 0 aromatic carbocycles. The highest BCUT2D eigenvalue weighted by molar-refractivity contribution is 4.71. The zero-order chi connectivity index (χ0) is 17.0. The molecule has 0 spiro atoms. The highest BCUT2D eigenvalue weighted by Crippen LogP contribution is 2.19. The van der Waals surface area contributed by atoms with Crippen LogP contribution in [-0.2, 0) is 0 Å². The third-order valence-electron chi connectivity index (χ3n) is 4.76. The quantitative estimate of drug-likeness (QED) is 0.353. The molecule has 0 amide bonds. The first kappa shape index (κ1) is 21.9. The number of hydrogen-bond donors (Lipinski definition) is 2. The Labute approximate surface area is 139 Å². The van der Waals surface area contributed by atoms with Gasteiger partial charge in [0, 0.05) is 13.0 Å². The Hall–Kier alpha value is -0.120. The first-order chi connectivity index (χ1) is 10.3. The molecule has 0 heterocycles.